The Morgan fingerprint density at radius 2 is 2.05 bits per heavy atom. The lowest BCUT2D eigenvalue weighted by Gasteiger charge is -2.09. The number of rotatable bonds is 4. The molecule has 0 amide bonds. The zero-order valence-corrected chi connectivity index (χ0v) is 11.1. The smallest absolute Gasteiger partial charge is 0.169 e. The van der Waals surface area contributed by atoms with Gasteiger partial charge in [-0.25, -0.2) is 10.0 Å². The quantitative estimate of drug-likeness (QED) is 0.593. The third kappa shape index (κ3) is 2.74. The van der Waals surface area contributed by atoms with Crippen LogP contribution in [-0.2, 0) is 0 Å². The number of amidine groups is 1. The van der Waals surface area contributed by atoms with Crippen molar-refractivity contribution in [1.29, 1.82) is 5.41 Å². The number of benzene rings is 1. The summed E-state index contributed by atoms with van der Waals surface area (Å²) in [6.45, 7) is 2.14. The summed E-state index contributed by atoms with van der Waals surface area (Å²) in [4.78, 5) is 4.33. The highest BCUT2D eigenvalue weighted by Gasteiger charge is 2.26. The molecule has 2 rings (SSSR count). The summed E-state index contributed by atoms with van der Waals surface area (Å²) in [5, 5.41) is 32.1. The lowest BCUT2D eigenvalue weighted by molar-refractivity contribution is 0.186. The van der Waals surface area contributed by atoms with Gasteiger partial charge in [0.25, 0.3) is 0 Å². The van der Waals surface area contributed by atoms with Gasteiger partial charge in [-0.2, -0.15) is 5.10 Å². The third-order valence-electron chi connectivity index (χ3n) is 2.92. The van der Waals surface area contributed by atoms with Crippen LogP contribution in [0.4, 0.5) is 5.69 Å². The van der Waals surface area contributed by atoms with E-state index in [2.05, 4.69) is 10.1 Å². The summed E-state index contributed by atoms with van der Waals surface area (Å²) >= 11 is 0. The highest BCUT2D eigenvalue weighted by Crippen LogP contribution is 2.18. The molecule has 0 bridgehead atoms. The second kappa shape index (κ2) is 5.91. The largest absolute Gasteiger partial charge is 0.390 e. The Morgan fingerprint density at radius 1 is 1.40 bits per heavy atom. The highest BCUT2D eigenvalue weighted by molar-refractivity contribution is 6.70. The first kappa shape index (κ1) is 14.3. The molecule has 0 fully saturated rings. The van der Waals surface area contributed by atoms with E-state index >= 15 is 0 Å². The monoisotopic (exact) mass is 275 g/mol. The molecule has 0 saturated carbocycles. The predicted molar refractivity (Wildman–Crippen MR) is 77.3 cm³/mol. The number of aliphatic hydroxyl groups is 2. The van der Waals surface area contributed by atoms with E-state index in [1.54, 1.807) is 24.3 Å². The van der Waals surface area contributed by atoms with E-state index in [1.807, 2.05) is 6.92 Å². The van der Waals surface area contributed by atoms with Gasteiger partial charge in [-0.1, -0.05) is 12.1 Å². The van der Waals surface area contributed by atoms with Crippen molar-refractivity contribution in [3.05, 3.63) is 29.8 Å². The minimum atomic E-state index is -1.02. The van der Waals surface area contributed by atoms with E-state index < -0.39 is 6.23 Å². The van der Waals surface area contributed by atoms with Crippen molar-refractivity contribution in [2.24, 2.45) is 15.8 Å². The van der Waals surface area contributed by atoms with E-state index in [0.29, 0.717) is 29.2 Å². The van der Waals surface area contributed by atoms with Crippen LogP contribution in [-0.4, -0.2) is 45.6 Å². The summed E-state index contributed by atoms with van der Waals surface area (Å²) in [6, 6.07) is 6.70. The molecule has 1 unspecified atom stereocenters. The van der Waals surface area contributed by atoms with Crippen LogP contribution in [0.2, 0.25) is 0 Å². The standard InChI is InChI=1S/C13H17N5O2/c1-2-18-12(14)11(10(7-19)17-18)16-9-5-3-8(4-6-9)13(15)20/h3-6,13-14,19-20H,2,7,15H2,1H3. The molecular weight excluding hydrogens is 258 g/mol. The normalized spacial score (nSPS) is 18.6. The Balaban J connectivity index is 2.30. The summed E-state index contributed by atoms with van der Waals surface area (Å²) in [7, 11) is 0. The van der Waals surface area contributed by atoms with Gasteiger partial charge in [0.15, 0.2) is 5.84 Å². The molecule has 1 aliphatic heterocycles. The van der Waals surface area contributed by atoms with Crippen LogP contribution in [0.3, 0.4) is 0 Å². The van der Waals surface area contributed by atoms with Gasteiger partial charge in [-0.3, -0.25) is 5.41 Å². The predicted octanol–water partition coefficient (Wildman–Crippen LogP) is 0.370. The van der Waals surface area contributed by atoms with Gasteiger partial charge in [-0.05, 0) is 24.6 Å². The van der Waals surface area contributed by atoms with E-state index in [4.69, 9.17) is 11.1 Å². The molecule has 1 aromatic carbocycles. The molecule has 1 atom stereocenters. The van der Waals surface area contributed by atoms with E-state index in [-0.39, 0.29) is 12.4 Å². The van der Waals surface area contributed by atoms with Crippen LogP contribution < -0.4 is 5.73 Å². The summed E-state index contributed by atoms with van der Waals surface area (Å²) in [5.74, 6) is 0.166. The number of nitrogens with two attached hydrogens (primary N) is 1. The topological polar surface area (TPSA) is 118 Å². The Kier molecular flexibility index (Phi) is 4.23. The molecule has 0 aliphatic carbocycles. The van der Waals surface area contributed by atoms with Crippen LogP contribution in [0.15, 0.2) is 34.4 Å². The van der Waals surface area contributed by atoms with Crippen LogP contribution >= 0.6 is 0 Å². The maximum Gasteiger partial charge on any atom is 0.169 e. The summed E-state index contributed by atoms with van der Waals surface area (Å²) in [5.41, 5.74) is 7.28. The minimum Gasteiger partial charge on any atom is -0.390 e. The number of nitrogens with one attached hydrogen (secondary N) is 1. The van der Waals surface area contributed by atoms with E-state index in [9.17, 15) is 10.2 Å². The minimum absolute atomic E-state index is 0.166. The van der Waals surface area contributed by atoms with Gasteiger partial charge in [0.1, 0.15) is 17.7 Å². The number of hydrogen-bond acceptors (Lipinski definition) is 6. The van der Waals surface area contributed by atoms with Crippen LogP contribution in [0.1, 0.15) is 18.7 Å². The maximum absolute atomic E-state index is 9.28. The van der Waals surface area contributed by atoms with Gasteiger partial charge < -0.3 is 15.9 Å². The van der Waals surface area contributed by atoms with Crippen LogP contribution in [0, 0.1) is 5.41 Å². The Labute approximate surface area is 116 Å². The van der Waals surface area contributed by atoms with Gasteiger partial charge >= 0.3 is 0 Å². The molecular formula is C13H17N5O2. The fourth-order valence-electron chi connectivity index (χ4n) is 1.83. The number of aliphatic imine (C=N–C) groups is 1. The summed E-state index contributed by atoms with van der Waals surface area (Å²) < 4.78 is 0. The van der Waals surface area contributed by atoms with Gasteiger partial charge in [-0.15, -0.1) is 0 Å². The first-order valence-electron chi connectivity index (χ1n) is 6.24. The molecule has 1 heterocycles. The highest BCUT2D eigenvalue weighted by atomic mass is 16.3. The number of aliphatic hydroxyl groups excluding tert-OH is 2. The SMILES string of the molecule is CCN1N=C(CO)C(=Nc2ccc(C(N)O)cc2)C1=N. The van der Waals surface area contributed by atoms with Gasteiger partial charge in [0.05, 0.1) is 12.3 Å². The molecule has 0 spiro atoms. The third-order valence-corrected chi connectivity index (χ3v) is 2.92. The van der Waals surface area contributed by atoms with Crippen molar-refractivity contribution < 1.29 is 10.2 Å². The fraction of sp³-hybridized carbons (Fsp3) is 0.308. The van der Waals surface area contributed by atoms with E-state index in [0.717, 1.165) is 0 Å². The lowest BCUT2D eigenvalue weighted by atomic mass is 10.2. The van der Waals surface area contributed by atoms with Crippen molar-refractivity contribution in [3.8, 4) is 0 Å². The molecule has 7 heteroatoms. The second-order valence-corrected chi connectivity index (χ2v) is 4.27. The second-order valence-electron chi connectivity index (χ2n) is 4.27. The number of nitrogens with zero attached hydrogens (tertiary/aromatic N) is 3. The molecule has 106 valence electrons. The molecule has 1 aromatic rings. The molecule has 0 radical (unpaired) electrons. The summed E-state index contributed by atoms with van der Waals surface area (Å²) in [6.07, 6.45) is -1.02. The average Bonchev–Trinajstić information content (AvgIpc) is 2.76. The maximum atomic E-state index is 9.28. The zero-order valence-electron chi connectivity index (χ0n) is 11.1. The molecule has 1 aliphatic rings. The van der Waals surface area contributed by atoms with Crippen molar-refractivity contribution in [2.45, 2.75) is 13.2 Å². The Hall–Kier alpha value is -2.09. The van der Waals surface area contributed by atoms with Crippen molar-refractivity contribution >= 4 is 22.9 Å². The number of hydrazone groups is 1. The number of hydrogen-bond donors (Lipinski definition) is 4. The van der Waals surface area contributed by atoms with E-state index in [1.165, 1.54) is 5.01 Å². The molecule has 0 saturated heterocycles. The van der Waals surface area contributed by atoms with Crippen LogP contribution in [0.5, 0.6) is 0 Å². The fourth-order valence-corrected chi connectivity index (χ4v) is 1.83. The van der Waals surface area contributed by atoms with Crippen LogP contribution in [0.25, 0.3) is 0 Å². The molecule has 20 heavy (non-hydrogen) atoms. The van der Waals surface area contributed by atoms with Crippen molar-refractivity contribution in [2.75, 3.05) is 13.2 Å². The zero-order chi connectivity index (χ0) is 14.7. The average molecular weight is 275 g/mol. The molecule has 7 nitrogen and oxygen atoms in total. The van der Waals surface area contributed by atoms with Crippen molar-refractivity contribution in [3.63, 3.8) is 0 Å². The Morgan fingerprint density at radius 3 is 2.55 bits per heavy atom. The lowest BCUT2D eigenvalue weighted by Crippen LogP contribution is -2.27. The van der Waals surface area contributed by atoms with Gasteiger partial charge in [0.2, 0.25) is 0 Å². The molecule has 5 N–H and O–H groups in total. The van der Waals surface area contributed by atoms with Gasteiger partial charge in [0, 0.05) is 6.54 Å². The van der Waals surface area contributed by atoms with Crippen molar-refractivity contribution in [1.82, 2.24) is 5.01 Å². The first-order valence-corrected chi connectivity index (χ1v) is 6.24. The first-order chi connectivity index (χ1) is 9.56. The molecule has 0 aromatic heterocycles. The Bertz CT molecular complexity index is 563.